The maximum absolute atomic E-state index is 12.6. The zero-order chi connectivity index (χ0) is 21.7. The molecule has 164 valence electrons. The average molecular weight is 432 g/mol. The lowest BCUT2D eigenvalue weighted by Crippen LogP contribution is -2.37. The number of aromatic nitrogens is 3. The molecule has 0 saturated carbocycles. The maximum Gasteiger partial charge on any atom is 0.416 e. The van der Waals surface area contributed by atoms with E-state index in [1.165, 1.54) is 17.7 Å². The Balaban J connectivity index is 1.27. The van der Waals surface area contributed by atoms with E-state index in [-0.39, 0.29) is 6.10 Å². The van der Waals surface area contributed by atoms with Crippen molar-refractivity contribution in [2.24, 2.45) is 0 Å². The summed E-state index contributed by atoms with van der Waals surface area (Å²) in [6, 6.07) is 10.7. The second-order valence-electron chi connectivity index (χ2n) is 7.39. The molecule has 0 amide bonds. The van der Waals surface area contributed by atoms with Crippen molar-refractivity contribution in [2.45, 2.75) is 25.2 Å². The number of hydrogen-bond acceptors (Lipinski definition) is 5. The Morgan fingerprint density at radius 3 is 2.65 bits per heavy atom. The van der Waals surface area contributed by atoms with Gasteiger partial charge in [0.1, 0.15) is 11.9 Å². The highest BCUT2D eigenvalue weighted by Crippen LogP contribution is 2.30. The Morgan fingerprint density at radius 1 is 1.13 bits per heavy atom. The van der Waals surface area contributed by atoms with Crippen molar-refractivity contribution in [3.05, 3.63) is 77.4 Å². The van der Waals surface area contributed by atoms with Crippen LogP contribution in [0, 0.1) is 0 Å². The van der Waals surface area contributed by atoms with Gasteiger partial charge in [0.05, 0.1) is 24.5 Å². The van der Waals surface area contributed by atoms with Crippen LogP contribution >= 0.6 is 0 Å². The standard InChI is InChI=1S/C22H23F3N4O2/c23-22(24,25)17-1-3-19(4-2-17)30-11-7-18-13-20(28-27-18)21-15-29(10-12-31-21)14-16-5-8-26-9-6-16/h1-6,8-9,13,21H,7,10-12,14-15H2,(H,27,28). The van der Waals surface area contributed by atoms with Gasteiger partial charge in [-0.15, -0.1) is 0 Å². The van der Waals surface area contributed by atoms with Gasteiger partial charge in [0.2, 0.25) is 0 Å². The molecule has 3 heterocycles. The van der Waals surface area contributed by atoms with Gasteiger partial charge in [-0.2, -0.15) is 18.3 Å². The van der Waals surface area contributed by atoms with Crippen molar-refractivity contribution in [3.8, 4) is 5.75 Å². The molecule has 0 spiro atoms. The predicted molar refractivity (Wildman–Crippen MR) is 107 cm³/mol. The van der Waals surface area contributed by atoms with Crippen molar-refractivity contribution < 1.29 is 22.6 Å². The summed E-state index contributed by atoms with van der Waals surface area (Å²) in [5.74, 6) is 0.398. The number of hydrogen-bond donors (Lipinski definition) is 1. The Hall–Kier alpha value is -2.91. The minimum atomic E-state index is -4.35. The molecule has 1 saturated heterocycles. The fraction of sp³-hybridized carbons (Fsp3) is 0.364. The van der Waals surface area contributed by atoms with Crippen LogP contribution in [0.3, 0.4) is 0 Å². The zero-order valence-electron chi connectivity index (χ0n) is 16.8. The van der Waals surface area contributed by atoms with Crippen LogP contribution in [0.4, 0.5) is 13.2 Å². The number of ether oxygens (including phenoxy) is 2. The normalized spacial score (nSPS) is 17.6. The van der Waals surface area contributed by atoms with Gasteiger partial charge in [-0.3, -0.25) is 15.0 Å². The van der Waals surface area contributed by atoms with Crippen LogP contribution in [0.15, 0.2) is 54.9 Å². The first-order chi connectivity index (χ1) is 15.0. The SMILES string of the molecule is FC(F)(F)c1ccc(OCCc2cc(C3CN(Cc4ccncc4)CCO3)n[nH]2)cc1. The van der Waals surface area contributed by atoms with Gasteiger partial charge >= 0.3 is 6.18 Å². The van der Waals surface area contributed by atoms with E-state index >= 15 is 0 Å². The third-order valence-electron chi connectivity index (χ3n) is 5.11. The molecule has 1 aliphatic heterocycles. The maximum atomic E-state index is 12.6. The first-order valence-electron chi connectivity index (χ1n) is 10.0. The number of alkyl halides is 3. The molecule has 4 rings (SSSR count). The molecule has 0 aliphatic carbocycles. The van der Waals surface area contributed by atoms with Crippen molar-refractivity contribution in [2.75, 3.05) is 26.3 Å². The Morgan fingerprint density at radius 2 is 1.90 bits per heavy atom. The van der Waals surface area contributed by atoms with Crippen molar-refractivity contribution >= 4 is 0 Å². The minimum Gasteiger partial charge on any atom is -0.493 e. The van der Waals surface area contributed by atoms with Gasteiger partial charge in [-0.25, -0.2) is 0 Å². The summed E-state index contributed by atoms with van der Waals surface area (Å²) >= 11 is 0. The molecule has 1 unspecified atom stereocenters. The Bertz CT molecular complexity index is 961. The van der Waals surface area contributed by atoms with E-state index in [1.54, 1.807) is 12.4 Å². The fourth-order valence-electron chi connectivity index (χ4n) is 3.46. The van der Waals surface area contributed by atoms with Gasteiger partial charge in [0, 0.05) is 44.1 Å². The quantitative estimate of drug-likeness (QED) is 0.611. The number of pyridine rings is 1. The molecule has 3 aromatic rings. The number of halogens is 3. The smallest absolute Gasteiger partial charge is 0.416 e. The lowest BCUT2D eigenvalue weighted by molar-refractivity contribution is -0.137. The number of morpholine rings is 1. The van der Waals surface area contributed by atoms with Gasteiger partial charge in [0.25, 0.3) is 0 Å². The number of nitrogens with zero attached hydrogens (tertiary/aromatic N) is 3. The predicted octanol–water partition coefficient (Wildman–Crippen LogP) is 4.02. The molecule has 31 heavy (non-hydrogen) atoms. The number of nitrogens with one attached hydrogen (secondary N) is 1. The van der Waals surface area contributed by atoms with Crippen LogP contribution in [0.25, 0.3) is 0 Å². The fourth-order valence-corrected chi connectivity index (χ4v) is 3.46. The first kappa shape index (κ1) is 21.3. The summed E-state index contributed by atoms with van der Waals surface area (Å²) in [6.45, 7) is 3.40. The van der Waals surface area contributed by atoms with Crippen molar-refractivity contribution in [1.29, 1.82) is 0 Å². The summed E-state index contributed by atoms with van der Waals surface area (Å²) in [5.41, 5.74) is 2.24. The molecule has 1 N–H and O–H groups in total. The summed E-state index contributed by atoms with van der Waals surface area (Å²) in [6.07, 6.45) is -0.321. The van der Waals surface area contributed by atoms with E-state index in [1.807, 2.05) is 18.2 Å². The van der Waals surface area contributed by atoms with Crippen molar-refractivity contribution in [1.82, 2.24) is 20.1 Å². The second kappa shape index (κ2) is 9.49. The zero-order valence-corrected chi connectivity index (χ0v) is 16.8. The van der Waals surface area contributed by atoms with Crippen LogP contribution in [0.2, 0.25) is 0 Å². The summed E-state index contributed by atoms with van der Waals surface area (Å²) < 4.78 is 49.3. The highest BCUT2D eigenvalue weighted by molar-refractivity contribution is 5.29. The minimum absolute atomic E-state index is 0.114. The van der Waals surface area contributed by atoms with Crippen LogP contribution < -0.4 is 4.74 Å². The first-order valence-corrected chi connectivity index (χ1v) is 10.0. The van der Waals surface area contributed by atoms with Gasteiger partial charge < -0.3 is 9.47 Å². The van der Waals surface area contributed by atoms with Crippen LogP contribution in [-0.2, 0) is 23.9 Å². The molecule has 1 aromatic carbocycles. The number of benzene rings is 1. The van der Waals surface area contributed by atoms with Gasteiger partial charge in [-0.1, -0.05) is 0 Å². The highest BCUT2D eigenvalue weighted by Gasteiger charge is 2.30. The largest absolute Gasteiger partial charge is 0.493 e. The van der Waals surface area contributed by atoms with Crippen LogP contribution in [0.5, 0.6) is 5.75 Å². The molecule has 1 aliphatic rings. The van der Waals surface area contributed by atoms with Gasteiger partial charge in [-0.05, 0) is 48.0 Å². The summed E-state index contributed by atoms with van der Waals surface area (Å²) in [7, 11) is 0. The molecule has 2 aromatic heterocycles. The Kier molecular flexibility index (Phi) is 6.53. The molecular weight excluding hydrogens is 409 g/mol. The molecule has 1 atom stereocenters. The second-order valence-corrected chi connectivity index (χ2v) is 7.39. The van der Waals surface area contributed by atoms with Crippen LogP contribution in [-0.4, -0.2) is 46.4 Å². The molecule has 0 bridgehead atoms. The lowest BCUT2D eigenvalue weighted by Gasteiger charge is -2.32. The monoisotopic (exact) mass is 432 g/mol. The molecule has 6 nitrogen and oxygen atoms in total. The number of aromatic amines is 1. The highest BCUT2D eigenvalue weighted by atomic mass is 19.4. The third kappa shape index (κ3) is 5.83. The lowest BCUT2D eigenvalue weighted by atomic mass is 10.1. The van der Waals surface area contributed by atoms with E-state index in [9.17, 15) is 13.2 Å². The third-order valence-corrected chi connectivity index (χ3v) is 5.11. The summed E-state index contributed by atoms with van der Waals surface area (Å²) in [4.78, 5) is 6.37. The van der Waals surface area contributed by atoms with E-state index in [4.69, 9.17) is 9.47 Å². The van der Waals surface area contributed by atoms with Gasteiger partial charge in [0.15, 0.2) is 0 Å². The Labute approximate surface area is 178 Å². The van der Waals surface area contributed by atoms with E-state index in [2.05, 4.69) is 20.1 Å². The topological polar surface area (TPSA) is 63.3 Å². The average Bonchev–Trinajstić information content (AvgIpc) is 3.23. The molecule has 9 heteroatoms. The van der Waals surface area contributed by atoms with E-state index in [0.717, 1.165) is 43.2 Å². The molecule has 0 radical (unpaired) electrons. The van der Waals surface area contributed by atoms with Crippen LogP contribution in [0.1, 0.15) is 28.6 Å². The molecule has 1 fully saturated rings. The summed E-state index contributed by atoms with van der Waals surface area (Å²) in [5, 5.41) is 7.38. The number of rotatable bonds is 7. The number of H-pyrrole nitrogens is 1. The van der Waals surface area contributed by atoms with E-state index in [0.29, 0.717) is 25.4 Å². The molecular formula is C22H23F3N4O2. The van der Waals surface area contributed by atoms with Crippen molar-refractivity contribution in [3.63, 3.8) is 0 Å². The van der Waals surface area contributed by atoms with E-state index < -0.39 is 11.7 Å².